The molecule has 1 aliphatic heterocycles. The molecule has 0 N–H and O–H groups in total. The molecule has 6 heteroatoms. The number of halogens is 1. The third-order valence-electron chi connectivity index (χ3n) is 4.21. The van der Waals surface area contributed by atoms with E-state index in [9.17, 15) is 4.79 Å². The summed E-state index contributed by atoms with van der Waals surface area (Å²) >= 11 is 6.27. The summed E-state index contributed by atoms with van der Waals surface area (Å²) in [5.74, 6) is 0.116. The highest BCUT2D eigenvalue weighted by Crippen LogP contribution is 2.35. The van der Waals surface area contributed by atoms with E-state index < -0.39 is 6.23 Å². The highest BCUT2D eigenvalue weighted by atomic mass is 35.5. The predicted octanol–water partition coefficient (Wildman–Crippen LogP) is 4.44. The summed E-state index contributed by atoms with van der Waals surface area (Å²) in [6, 6.07) is 17.0. The van der Waals surface area contributed by atoms with E-state index in [2.05, 4.69) is 10.1 Å². The van der Waals surface area contributed by atoms with Gasteiger partial charge in [-0.15, -0.1) is 5.10 Å². The summed E-state index contributed by atoms with van der Waals surface area (Å²) in [5, 5.41) is 7.17. The number of hydrazone groups is 1. The molecule has 0 fully saturated rings. The Hall–Kier alpha value is -2.92. The molecule has 3 aromatic rings. The molecule has 26 heavy (non-hydrogen) atoms. The number of hydrogen-bond acceptors (Lipinski definition) is 4. The Balaban J connectivity index is 1.83. The van der Waals surface area contributed by atoms with Crippen molar-refractivity contribution < 1.29 is 9.53 Å². The van der Waals surface area contributed by atoms with Gasteiger partial charge in [-0.3, -0.25) is 9.78 Å². The van der Waals surface area contributed by atoms with Gasteiger partial charge in [-0.25, -0.2) is 0 Å². The molecule has 4 rings (SSSR count). The molecule has 0 spiro atoms. The maximum atomic E-state index is 12.2. The number of aryl methyl sites for hydroxylation is 1. The molecule has 1 amide bonds. The van der Waals surface area contributed by atoms with Gasteiger partial charge >= 0.3 is 0 Å². The first-order valence-corrected chi connectivity index (χ1v) is 8.58. The lowest BCUT2D eigenvalue weighted by atomic mass is 10.1. The molecule has 1 unspecified atom stereocenters. The van der Waals surface area contributed by atoms with Crippen molar-refractivity contribution in [1.29, 1.82) is 0 Å². The van der Waals surface area contributed by atoms with Crippen LogP contribution in [0.15, 0.2) is 59.7 Å². The summed E-state index contributed by atoms with van der Waals surface area (Å²) in [4.78, 5) is 16.8. The van der Waals surface area contributed by atoms with Gasteiger partial charge in [-0.05, 0) is 31.2 Å². The zero-order valence-electron chi connectivity index (χ0n) is 14.3. The predicted molar refractivity (Wildman–Crippen MR) is 101 cm³/mol. The van der Waals surface area contributed by atoms with E-state index in [-0.39, 0.29) is 5.91 Å². The second-order valence-electron chi connectivity index (χ2n) is 6.09. The second kappa shape index (κ2) is 6.42. The van der Waals surface area contributed by atoms with E-state index in [1.807, 2.05) is 55.5 Å². The number of rotatable bonds is 2. The van der Waals surface area contributed by atoms with Crippen molar-refractivity contribution in [2.24, 2.45) is 5.10 Å². The maximum Gasteiger partial charge on any atom is 0.243 e. The molecule has 0 saturated carbocycles. The molecule has 0 saturated heterocycles. The largest absolute Gasteiger partial charge is 0.446 e. The normalized spacial score (nSPS) is 16.5. The van der Waals surface area contributed by atoms with Gasteiger partial charge in [0.2, 0.25) is 18.0 Å². The molecule has 130 valence electrons. The maximum absolute atomic E-state index is 12.2. The van der Waals surface area contributed by atoms with Crippen LogP contribution in [0.2, 0.25) is 5.02 Å². The zero-order chi connectivity index (χ0) is 18.3. The molecule has 0 aliphatic carbocycles. The number of aromatic nitrogens is 1. The second-order valence-corrected chi connectivity index (χ2v) is 6.50. The average molecular weight is 366 g/mol. The van der Waals surface area contributed by atoms with Gasteiger partial charge in [0.1, 0.15) is 0 Å². The number of pyridine rings is 1. The molecule has 1 aliphatic rings. The molecular formula is C20H16ClN3O2. The van der Waals surface area contributed by atoms with E-state index in [1.165, 1.54) is 11.9 Å². The highest BCUT2D eigenvalue weighted by Gasteiger charge is 2.35. The number of amides is 1. The van der Waals surface area contributed by atoms with Gasteiger partial charge in [0.05, 0.1) is 16.1 Å². The molecule has 0 bridgehead atoms. The number of carbonyl (C=O) groups excluding carboxylic acids is 1. The average Bonchev–Trinajstić information content (AvgIpc) is 3.06. The molecule has 1 aromatic heterocycles. The van der Waals surface area contributed by atoms with Crippen molar-refractivity contribution in [2.75, 3.05) is 0 Å². The third-order valence-corrected chi connectivity index (χ3v) is 4.54. The lowest BCUT2D eigenvalue weighted by Crippen LogP contribution is -2.25. The SMILES string of the molecule is CC(=O)N1N=C(c2ccccc2Cl)OC1c1cc(C)nc2ccccc12. The van der Waals surface area contributed by atoms with Gasteiger partial charge in [0, 0.05) is 23.6 Å². The van der Waals surface area contributed by atoms with Crippen molar-refractivity contribution in [2.45, 2.75) is 20.1 Å². The number of hydrogen-bond donors (Lipinski definition) is 0. The minimum absolute atomic E-state index is 0.212. The standard InChI is InChI=1S/C20H16ClN3O2/c1-12-11-16(14-7-4-6-10-18(14)22-12)20-24(13(2)25)23-19(26-20)15-8-3-5-9-17(15)21/h3-11,20H,1-2H3. The van der Waals surface area contributed by atoms with E-state index >= 15 is 0 Å². The molecule has 5 nitrogen and oxygen atoms in total. The fourth-order valence-corrected chi connectivity index (χ4v) is 3.27. The van der Waals surface area contributed by atoms with E-state index in [4.69, 9.17) is 16.3 Å². The van der Waals surface area contributed by atoms with Crippen LogP contribution >= 0.6 is 11.6 Å². The fourth-order valence-electron chi connectivity index (χ4n) is 3.06. The molecule has 2 heterocycles. The molecular weight excluding hydrogens is 350 g/mol. The number of nitrogens with zero attached hydrogens (tertiary/aromatic N) is 3. The number of fused-ring (bicyclic) bond motifs is 1. The molecule has 1 atom stereocenters. The number of para-hydroxylation sites is 1. The zero-order valence-corrected chi connectivity index (χ0v) is 15.1. The Morgan fingerprint density at radius 3 is 2.65 bits per heavy atom. The quantitative estimate of drug-likeness (QED) is 0.674. The molecule has 0 radical (unpaired) electrons. The molecule has 2 aromatic carbocycles. The first-order valence-electron chi connectivity index (χ1n) is 8.21. The van der Waals surface area contributed by atoms with Gasteiger partial charge in [-0.2, -0.15) is 5.01 Å². The van der Waals surface area contributed by atoms with Crippen LogP contribution in [0.1, 0.15) is 30.0 Å². The number of ether oxygens (including phenoxy) is 1. The Bertz CT molecular complexity index is 1050. The van der Waals surface area contributed by atoms with Crippen molar-refractivity contribution >= 4 is 34.3 Å². The van der Waals surface area contributed by atoms with Crippen molar-refractivity contribution in [3.8, 4) is 0 Å². The van der Waals surface area contributed by atoms with Crippen LogP contribution in [0.25, 0.3) is 10.9 Å². The summed E-state index contributed by atoms with van der Waals surface area (Å²) in [5.41, 5.74) is 3.19. The Kier molecular flexibility index (Phi) is 4.09. The van der Waals surface area contributed by atoms with Gasteiger partial charge in [-0.1, -0.05) is 41.9 Å². The fraction of sp³-hybridized carbons (Fsp3) is 0.150. The van der Waals surface area contributed by atoms with Crippen LogP contribution in [-0.4, -0.2) is 21.8 Å². The van der Waals surface area contributed by atoms with Crippen LogP contribution in [-0.2, 0) is 9.53 Å². The Morgan fingerprint density at radius 2 is 1.88 bits per heavy atom. The van der Waals surface area contributed by atoms with Gasteiger partial charge in [0.15, 0.2) is 0 Å². The topological polar surface area (TPSA) is 54.8 Å². The van der Waals surface area contributed by atoms with Crippen molar-refractivity contribution in [3.05, 3.63) is 76.4 Å². The summed E-state index contributed by atoms with van der Waals surface area (Å²) < 4.78 is 6.09. The van der Waals surface area contributed by atoms with Crippen molar-refractivity contribution in [3.63, 3.8) is 0 Å². The van der Waals surface area contributed by atoms with Gasteiger partial charge in [0.25, 0.3) is 0 Å². The first-order chi connectivity index (χ1) is 12.5. The monoisotopic (exact) mass is 365 g/mol. The Morgan fingerprint density at radius 1 is 1.15 bits per heavy atom. The van der Waals surface area contributed by atoms with E-state index in [0.717, 1.165) is 22.2 Å². The highest BCUT2D eigenvalue weighted by molar-refractivity contribution is 6.33. The van der Waals surface area contributed by atoms with Gasteiger partial charge < -0.3 is 4.74 Å². The first kappa shape index (κ1) is 16.5. The number of carbonyl (C=O) groups is 1. The summed E-state index contributed by atoms with van der Waals surface area (Å²) in [7, 11) is 0. The summed E-state index contributed by atoms with van der Waals surface area (Å²) in [6.07, 6.45) is -0.662. The third kappa shape index (κ3) is 2.80. The van der Waals surface area contributed by atoms with Crippen LogP contribution in [0.4, 0.5) is 0 Å². The van der Waals surface area contributed by atoms with Crippen LogP contribution in [0, 0.1) is 6.92 Å². The van der Waals surface area contributed by atoms with E-state index in [0.29, 0.717) is 16.5 Å². The smallest absolute Gasteiger partial charge is 0.243 e. The lowest BCUT2D eigenvalue weighted by Gasteiger charge is -2.21. The number of benzene rings is 2. The Labute approximate surface area is 155 Å². The van der Waals surface area contributed by atoms with Crippen LogP contribution < -0.4 is 0 Å². The van der Waals surface area contributed by atoms with Crippen molar-refractivity contribution in [1.82, 2.24) is 9.99 Å². The lowest BCUT2D eigenvalue weighted by molar-refractivity contribution is -0.135. The van der Waals surface area contributed by atoms with Crippen LogP contribution in [0.5, 0.6) is 0 Å². The minimum atomic E-state index is -0.662. The van der Waals surface area contributed by atoms with Crippen LogP contribution in [0.3, 0.4) is 0 Å². The minimum Gasteiger partial charge on any atom is -0.446 e. The van der Waals surface area contributed by atoms with E-state index in [1.54, 1.807) is 6.07 Å². The summed E-state index contributed by atoms with van der Waals surface area (Å²) in [6.45, 7) is 3.38.